The van der Waals surface area contributed by atoms with E-state index >= 15 is 0 Å². The third kappa shape index (κ3) is 3.25. The Hall–Kier alpha value is -2.58. The molecule has 1 amide bonds. The highest BCUT2D eigenvalue weighted by Gasteiger charge is 2.10. The van der Waals surface area contributed by atoms with Gasteiger partial charge in [-0.2, -0.15) is 0 Å². The molecule has 1 aromatic heterocycles. The van der Waals surface area contributed by atoms with Gasteiger partial charge in [0.05, 0.1) is 12.0 Å². The molecule has 20 heavy (non-hydrogen) atoms. The lowest BCUT2D eigenvalue weighted by Gasteiger charge is -2.07. The maximum absolute atomic E-state index is 12.1. The Morgan fingerprint density at radius 3 is 2.95 bits per heavy atom. The Balaban J connectivity index is 2.26. The number of imidazole rings is 1. The summed E-state index contributed by atoms with van der Waals surface area (Å²) >= 11 is 0. The van der Waals surface area contributed by atoms with Crippen LogP contribution in [0.25, 0.3) is 0 Å². The number of hydrogen-bond donors (Lipinski definition) is 2. The van der Waals surface area contributed by atoms with E-state index < -0.39 is 0 Å². The Morgan fingerprint density at radius 2 is 2.30 bits per heavy atom. The van der Waals surface area contributed by atoms with Gasteiger partial charge < -0.3 is 15.0 Å². The van der Waals surface area contributed by atoms with Crippen molar-refractivity contribution in [2.45, 2.75) is 6.92 Å². The highest BCUT2D eigenvalue weighted by atomic mass is 16.2. The summed E-state index contributed by atoms with van der Waals surface area (Å²) in [6.45, 7) is 1.72. The summed E-state index contributed by atoms with van der Waals surface area (Å²) in [6, 6.07) is 5.53. The topological polar surface area (TPSA) is 67.2 Å². The number of aliphatic hydroxyl groups is 1. The van der Waals surface area contributed by atoms with Gasteiger partial charge in [0.15, 0.2) is 0 Å². The van der Waals surface area contributed by atoms with Crippen molar-refractivity contribution in [1.82, 2.24) is 9.55 Å². The molecule has 0 saturated heterocycles. The molecule has 0 spiro atoms. The summed E-state index contributed by atoms with van der Waals surface area (Å²) in [6.07, 6.45) is 3.21. The first-order valence-corrected chi connectivity index (χ1v) is 6.10. The predicted octanol–water partition coefficient (Wildman–Crippen LogP) is 1.32. The molecule has 0 aliphatic rings. The van der Waals surface area contributed by atoms with Crippen molar-refractivity contribution < 1.29 is 9.90 Å². The van der Waals surface area contributed by atoms with E-state index in [4.69, 9.17) is 5.11 Å². The predicted molar refractivity (Wildman–Crippen MR) is 76.3 cm³/mol. The van der Waals surface area contributed by atoms with E-state index in [9.17, 15) is 4.79 Å². The van der Waals surface area contributed by atoms with Crippen LogP contribution < -0.4 is 5.32 Å². The van der Waals surface area contributed by atoms with Gasteiger partial charge >= 0.3 is 0 Å². The number of carbonyl (C=O) groups is 1. The summed E-state index contributed by atoms with van der Waals surface area (Å²) in [7, 11) is 1.80. The second-order valence-electron chi connectivity index (χ2n) is 4.39. The number of aliphatic hydroxyl groups excluding tert-OH is 1. The average molecular weight is 269 g/mol. The van der Waals surface area contributed by atoms with Crippen LogP contribution in [-0.4, -0.2) is 27.2 Å². The van der Waals surface area contributed by atoms with Gasteiger partial charge in [0.1, 0.15) is 12.3 Å². The van der Waals surface area contributed by atoms with Crippen LogP contribution >= 0.6 is 0 Å². The van der Waals surface area contributed by atoms with Crippen molar-refractivity contribution in [1.29, 1.82) is 0 Å². The monoisotopic (exact) mass is 269 g/mol. The lowest BCUT2D eigenvalue weighted by molar-refractivity contribution is 0.102. The number of benzene rings is 1. The number of nitrogens with one attached hydrogen (secondary N) is 1. The van der Waals surface area contributed by atoms with Gasteiger partial charge in [-0.15, -0.1) is 0 Å². The first kappa shape index (κ1) is 13.8. The van der Waals surface area contributed by atoms with Crippen LogP contribution in [0.1, 0.15) is 21.6 Å². The summed E-state index contributed by atoms with van der Waals surface area (Å²) in [5.74, 6) is 5.12. The van der Waals surface area contributed by atoms with Crippen molar-refractivity contribution in [2.75, 3.05) is 11.9 Å². The standard InChI is InChI=1S/C15H15N3O2/c1-11-5-6-13(12(8-11)4-3-7-19)17-15(20)14-9-18(2)10-16-14/h5-6,8-10,19H,7H2,1-2H3,(H,17,20). The molecule has 2 rings (SSSR count). The highest BCUT2D eigenvalue weighted by molar-refractivity contribution is 6.03. The van der Waals surface area contributed by atoms with Crippen molar-refractivity contribution in [3.63, 3.8) is 0 Å². The molecular weight excluding hydrogens is 254 g/mol. The van der Waals surface area contributed by atoms with Gasteiger partial charge in [-0.1, -0.05) is 17.9 Å². The number of aromatic nitrogens is 2. The molecule has 0 aliphatic heterocycles. The third-order valence-electron chi connectivity index (χ3n) is 2.66. The van der Waals surface area contributed by atoms with Crippen LogP contribution in [0.3, 0.4) is 0 Å². The Bertz CT molecular complexity index is 693. The van der Waals surface area contributed by atoms with Gasteiger partial charge in [-0.3, -0.25) is 4.79 Å². The first-order chi connectivity index (χ1) is 9.60. The zero-order valence-corrected chi connectivity index (χ0v) is 11.3. The second-order valence-corrected chi connectivity index (χ2v) is 4.39. The van der Waals surface area contributed by atoms with Crippen LogP contribution in [-0.2, 0) is 7.05 Å². The zero-order chi connectivity index (χ0) is 14.5. The molecule has 1 aromatic carbocycles. The molecule has 5 heteroatoms. The largest absolute Gasteiger partial charge is 0.384 e. The van der Waals surface area contributed by atoms with Crippen molar-refractivity contribution in [2.24, 2.45) is 7.05 Å². The van der Waals surface area contributed by atoms with Crippen LogP contribution in [0.2, 0.25) is 0 Å². The Morgan fingerprint density at radius 1 is 1.50 bits per heavy atom. The molecule has 0 fully saturated rings. The van der Waals surface area contributed by atoms with E-state index in [-0.39, 0.29) is 12.5 Å². The summed E-state index contributed by atoms with van der Waals surface area (Å²) in [5.41, 5.74) is 2.65. The fourth-order valence-corrected chi connectivity index (χ4v) is 1.72. The molecule has 0 saturated carbocycles. The molecule has 0 radical (unpaired) electrons. The summed E-state index contributed by atoms with van der Waals surface area (Å²) < 4.78 is 1.70. The second kappa shape index (κ2) is 6.04. The smallest absolute Gasteiger partial charge is 0.275 e. The quantitative estimate of drug-likeness (QED) is 0.808. The Kier molecular flexibility index (Phi) is 4.18. The number of nitrogens with zero attached hydrogens (tertiary/aromatic N) is 2. The first-order valence-electron chi connectivity index (χ1n) is 6.10. The SMILES string of the molecule is Cc1ccc(NC(=O)c2cn(C)cn2)c(C#CCO)c1. The molecule has 0 bridgehead atoms. The maximum Gasteiger partial charge on any atom is 0.275 e. The minimum Gasteiger partial charge on any atom is -0.384 e. The fraction of sp³-hybridized carbons (Fsp3) is 0.200. The molecular formula is C15H15N3O2. The van der Waals surface area contributed by atoms with Gasteiger partial charge in [0.25, 0.3) is 5.91 Å². The van der Waals surface area contributed by atoms with Gasteiger partial charge in [-0.05, 0) is 24.6 Å². The molecule has 0 unspecified atom stereocenters. The number of aryl methyl sites for hydroxylation is 2. The van der Waals surface area contributed by atoms with Gasteiger partial charge in [-0.25, -0.2) is 4.98 Å². The average Bonchev–Trinajstić information content (AvgIpc) is 2.85. The van der Waals surface area contributed by atoms with Crippen LogP contribution in [0.5, 0.6) is 0 Å². The lowest BCUT2D eigenvalue weighted by atomic mass is 10.1. The minimum atomic E-state index is -0.290. The van der Waals surface area contributed by atoms with Crippen molar-refractivity contribution >= 4 is 11.6 Å². The third-order valence-corrected chi connectivity index (χ3v) is 2.66. The van der Waals surface area contributed by atoms with Crippen LogP contribution in [0.15, 0.2) is 30.7 Å². The molecule has 102 valence electrons. The molecule has 0 aliphatic carbocycles. The zero-order valence-electron chi connectivity index (χ0n) is 11.3. The van der Waals surface area contributed by atoms with Crippen molar-refractivity contribution in [3.05, 3.63) is 47.5 Å². The van der Waals surface area contributed by atoms with Crippen LogP contribution in [0.4, 0.5) is 5.69 Å². The van der Waals surface area contributed by atoms with E-state index in [1.807, 2.05) is 19.1 Å². The molecule has 1 heterocycles. The Labute approximate surface area is 117 Å². The number of rotatable bonds is 2. The van der Waals surface area contributed by atoms with E-state index in [0.29, 0.717) is 16.9 Å². The summed E-state index contributed by atoms with van der Waals surface area (Å²) in [4.78, 5) is 16.0. The van der Waals surface area contributed by atoms with E-state index in [2.05, 4.69) is 22.1 Å². The number of amides is 1. The van der Waals surface area contributed by atoms with E-state index in [1.165, 1.54) is 0 Å². The number of anilines is 1. The number of carbonyl (C=O) groups excluding carboxylic acids is 1. The minimum absolute atomic E-state index is 0.221. The van der Waals surface area contributed by atoms with E-state index in [0.717, 1.165) is 5.56 Å². The molecule has 2 N–H and O–H groups in total. The summed E-state index contributed by atoms with van der Waals surface area (Å²) in [5, 5.41) is 11.6. The molecule has 5 nitrogen and oxygen atoms in total. The lowest BCUT2D eigenvalue weighted by Crippen LogP contribution is -2.13. The van der Waals surface area contributed by atoms with Gasteiger partial charge in [0, 0.05) is 18.8 Å². The normalized spacial score (nSPS) is 9.75. The number of hydrogen-bond acceptors (Lipinski definition) is 3. The highest BCUT2D eigenvalue weighted by Crippen LogP contribution is 2.17. The molecule has 2 aromatic rings. The van der Waals surface area contributed by atoms with Gasteiger partial charge in [0.2, 0.25) is 0 Å². The van der Waals surface area contributed by atoms with Crippen molar-refractivity contribution in [3.8, 4) is 11.8 Å². The van der Waals surface area contributed by atoms with Crippen LogP contribution in [0, 0.1) is 18.8 Å². The van der Waals surface area contributed by atoms with E-state index in [1.54, 1.807) is 30.2 Å². The molecule has 0 atom stereocenters. The maximum atomic E-state index is 12.1. The fourth-order valence-electron chi connectivity index (χ4n) is 1.72.